The highest BCUT2D eigenvalue weighted by atomic mass is 16.5. The third-order valence-electron chi connectivity index (χ3n) is 3.98. The highest BCUT2D eigenvalue weighted by molar-refractivity contribution is 5.95. The minimum Gasteiger partial charge on any atom is -0.493 e. The van der Waals surface area contributed by atoms with Gasteiger partial charge < -0.3 is 20.1 Å². The van der Waals surface area contributed by atoms with Crippen LogP contribution in [0.15, 0.2) is 24.4 Å². The topological polar surface area (TPSA) is 90.6 Å². The van der Waals surface area contributed by atoms with E-state index in [1.807, 2.05) is 18.2 Å². The van der Waals surface area contributed by atoms with Crippen LogP contribution in [0.4, 0.5) is 5.95 Å². The Labute approximate surface area is 140 Å². The van der Waals surface area contributed by atoms with Gasteiger partial charge in [0.25, 0.3) is 5.91 Å². The number of carbonyl (C=O) groups excluding carboxylic acids is 1. The van der Waals surface area contributed by atoms with Crippen molar-refractivity contribution in [2.45, 2.75) is 19.9 Å². The van der Waals surface area contributed by atoms with Crippen LogP contribution in [0.5, 0.6) is 11.5 Å². The standard InChI is InChI=1S/C17H20N4O3/c1-11-13(9-19-17(18)20-11)16(22)21-7-4-8-24-15-12(10-21)5-3-6-14(15)23-2/h3,5-6,9H,4,7-8,10H2,1-2H3,(H2,18,19,20). The minimum atomic E-state index is -0.108. The molecule has 0 atom stereocenters. The van der Waals surface area contributed by atoms with Crippen molar-refractivity contribution in [1.29, 1.82) is 0 Å². The molecule has 0 saturated carbocycles. The largest absolute Gasteiger partial charge is 0.493 e. The maximum atomic E-state index is 12.9. The molecule has 0 radical (unpaired) electrons. The summed E-state index contributed by atoms with van der Waals surface area (Å²) in [6, 6.07) is 5.68. The second-order valence-corrected chi connectivity index (χ2v) is 5.60. The van der Waals surface area contributed by atoms with Crippen LogP contribution < -0.4 is 15.2 Å². The second-order valence-electron chi connectivity index (χ2n) is 5.60. The summed E-state index contributed by atoms with van der Waals surface area (Å²) in [6.45, 7) is 3.32. The maximum absolute atomic E-state index is 12.9. The predicted molar refractivity (Wildman–Crippen MR) is 89.0 cm³/mol. The van der Waals surface area contributed by atoms with Crippen LogP contribution >= 0.6 is 0 Å². The SMILES string of the molecule is COc1cccc2c1OCCCN(C(=O)c1cnc(N)nc1C)C2. The van der Waals surface area contributed by atoms with Crippen molar-refractivity contribution in [2.24, 2.45) is 0 Å². The molecule has 1 aromatic carbocycles. The van der Waals surface area contributed by atoms with Crippen LogP contribution in [0, 0.1) is 6.92 Å². The van der Waals surface area contributed by atoms with Crippen molar-refractivity contribution < 1.29 is 14.3 Å². The van der Waals surface area contributed by atoms with Crippen LogP contribution in [0.25, 0.3) is 0 Å². The molecule has 126 valence electrons. The Kier molecular flexibility index (Phi) is 4.50. The summed E-state index contributed by atoms with van der Waals surface area (Å²) in [7, 11) is 1.61. The van der Waals surface area contributed by atoms with E-state index in [9.17, 15) is 4.79 Å². The molecule has 1 aromatic heterocycles. The molecule has 2 aromatic rings. The van der Waals surface area contributed by atoms with Gasteiger partial charge in [0.2, 0.25) is 5.95 Å². The van der Waals surface area contributed by atoms with Gasteiger partial charge in [-0.05, 0) is 19.4 Å². The molecule has 1 aliphatic rings. The molecule has 1 amide bonds. The van der Waals surface area contributed by atoms with E-state index < -0.39 is 0 Å². The van der Waals surface area contributed by atoms with Gasteiger partial charge in [-0.15, -0.1) is 0 Å². The normalized spacial score (nSPS) is 14.2. The molecule has 0 fully saturated rings. The van der Waals surface area contributed by atoms with E-state index in [0.717, 1.165) is 12.0 Å². The van der Waals surface area contributed by atoms with Gasteiger partial charge in [0, 0.05) is 24.8 Å². The molecule has 3 rings (SSSR count). The van der Waals surface area contributed by atoms with Crippen LogP contribution in [-0.4, -0.2) is 41.0 Å². The Morgan fingerprint density at radius 2 is 2.25 bits per heavy atom. The second kappa shape index (κ2) is 6.74. The Morgan fingerprint density at radius 1 is 1.42 bits per heavy atom. The van der Waals surface area contributed by atoms with Crippen LogP contribution in [0.3, 0.4) is 0 Å². The number of hydrogen-bond donors (Lipinski definition) is 1. The van der Waals surface area contributed by atoms with Gasteiger partial charge in [-0.25, -0.2) is 9.97 Å². The van der Waals surface area contributed by atoms with Crippen LogP contribution in [0.2, 0.25) is 0 Å². The van der Waals surface area contributed by atoms with E-state index in [0.29, 0.717) is 42.5 Å². The monoisotopic (exact) mass is 328 g/mol. The van der Waals surface area contributed by atoms with E-state index in [2.05, 4.69) is 9.97 Å². The van der Waals surface area contributed by atoms with Crippen molar-refractivity contribution >= 4 is 11.9 Å². The lowest BCUT2D eigenvalue weighted by atomic mass is 10.1. The number of fused-ring (bicyclic) bond motifs is 1. The molecule has 0 unspecified atom stereocenters. The molecule has 2 N–H and O–H groups in total. The molecule has 7 nitrogen and oxygen atoms in total. The molecule has 0 aliphatic carbocycles. The fourth-order valence-electron chi connectivity index (χ4n) is 2.76. The fraction of sp³-hybridized carbons (Fsp3) is 0.353. The molecule has 0 saturated heterocycles. The molecule has 2 heterocycles. The van der Waals surface area contributed by atoms with Gasteiger partial charge in [-0.2, -0.15) is 0 Å². The van der Waals surface area contributed by atoms with Crippen molar-refractivity contribution in [3.05, 3.63) is 41.2 Å². The molecule has 7 heteroatoms. The zero-order chi connectivity index (χ0) is 17.1. The summed E-state index contributed by atoms with van der Waals surface area (Å²) in [6.07, 6.45) is 2.22. The number of rotatable bonds is 2. The van der Waals surface area contributed by atoms with Crippen LogP contribution in [0.1, 0.15) is 28.0 Å². The fourth-order valence-corrected chi connectivity index (χ4v) is 2.76. The van der Waals surface area contributed by atoms with Crippen molar-refractivity contribution in [2.75, 3.05) is 26.0 Å². The first-order valence-corrected chi connectivity index (χ1v) is 7.77. The third kappa shape index (κ3) is 3.10. The minimum absolute atomic E-state index is 0.108. The number of anilines is 1. The number of ether oxygens (including phenoxy) is 2. The lowest BCUT2D eigenvalue weighted by Gasteiger charge is -2.27. The van der Waals surface area contributed by atoms with Gasteiger partial charge in [-0.3, -0.25) is 4.79 Å². The van der Waals surface area contributed by atoms with Gasteiger partial charge in [-0.1, -0.05) is 12.1 Å². The lowest BCUT2D eigenvalue weighted by Crippen LogP contribution is -2.34. The summed E-state index contributed by atoms with van der Waals surface area (Å²) in [5.41, 5.74) is 7.53. The Balaban J connectivity index is 1.92. The van der Waals surface area contributed by atoms with Crippen molar-refractivity contribution in [3.63, 3.8) is 0 Å². The summed E-state index contributed by atoms with van der Waals surface area (Å²) < 4.78 is 11.2. The predicted octanol–water partition coefficient (Wildman–Crippen LogP) is 1.80. The molecular weight excluding hydrogens is 308 g/mol. The number of benzene rings is 1. The highest BCUT2D eigenvalue weighted by Crippen LogP contribution is 2.33. The lowest BCUT2D eigenvalue weighted by molar-refractivity contribution is 0.0719. The number of hydrogen-bond acceptors (Lipinski definition) is 6. The third-order valence-corrected chi connectivity index (χ3v) is 3.98. The summed E-state index contributed by atoms with van der Waals surface area (Å²) in [5, 5.41) is 0. The Morgan fingerprint density at radius 3 is 3.00 bits per heavy atom. The smallest absolute Gasteiger partial charge is 0.257 e. The molecule has 1 aliphatic heterocycles. The van der Waals surface area contributed by atoms with Crippen molar-refractivity contribution in [1.82, 2.24) is 14.9 Å². The first-order chi connectivity index (χ1) is 11.6. The maximum Gasteiger partial charge on any atom is 0.257 e. The summed E-state index contributed by atoms with van der Waals surface area (Å²) in [5.74, 6) is 1.43. The average Bonchev–Trinajstić information content (AvgIpc) is 2.54. The number of carbonyl (C=O) groups is 1. The first-order valence-electron chi connectivity index (χ1n) is 7.77. The highest BCUT2D eigenvalue weighted by Gasteiger charge is 2.23. The number of aromatic nitrogens is 2. The van der Waals surface area contributed by atoms with Gasteiger partial charge in [0.05, 0.1) is 25.0 Å². The number of nitrogen functional groups attached to an aromatic ring is 1. The van der Waals surface area contributed by atoms with E-state index in [4.69, 9.17) is 15.2 Å². The van der Waals surface area contributed by atoms with E-state index in [1.165, 1.54) is 6.20 Å². The van der Waals surface area contributed by atoms with Crippen molar-refractivity contribution in [3.8, 4) is 11.5 Å². The molecule has 0 spiro atoms. The summed E-state index contributed by atoms with van der Waals surface area (Å²) in [4.78, 5) is 22.7. The van der Waals surface area contributed by atoms with Crippen LogP contribution in [-0.2, 0) is 6.54 Å². The number of nitrogens with zero attached hydrogens (tertiary/aromatic N) is 3. The number of methoxy groups -OCH3 is 1. The number of para-hydroxylation sites is 1. The number of aryl methyl sites for hydroxylation is 1. The Hall–Kier alpha value is -2.83. The molecule has 24 heavy (non-hydrogen) atoms. The number of nitrogens with two attached hydrogens (primary N) is 1. The quantitative estimate of drug-likeness (QED) is 0.904. The Bertz CT molecular complexity index is 763. The van der Waals surface area contributed by atoms with Gasteiger partial charge in [0.15, 0.2) is 11.5 Å². The molecular formula is C17H20N4O3. The van der Waals surface area contributed by atoms with Gasteiger partial charge >= 0.3 is 0 Å². The number of amides is 1. The zero-order valence-corrected chi connectivity index (χ0v) is 13.8. The van der Waals surface area contributed by atoms with E-state index >= 15 is 0 Å². The van der Waals surface area contributed by atoms with Gasteiger partial charge in [0.1, 0.15) is 0 Å². The zero-order valence-electron chi connectivity index (χ0n) is 13.8. The summed E-state index contributed by atoms with van der Waals surface area (Å²) >= 11 is 0. The molecule has 0 bridgehead atoms. The van der Waals surface area contributed by atoms with E-state index in [-0.39, 0.29) is 11.9 Å². The first kappa shape index (κ1) is 16.0. The van der Waals surface area contributed by atoms with E-state index in [1.54, 1.807) is 18.9 Å². The average molecular weight is 328 g/mol.